The summed E-state index contributed by atoms with van der Waals surface area (Å²) < 4.78 is 58.8. The van der Waals surface area contributed by atoms with E-state index in [4.69, 9.17) is 11.6 Å². The first-order valence-corrected chi connectivity index (χ1v) is 4.72. The van der Waals surface area contributed by atoms with Gasteiger partial charge in [-0.15, -0.1) is 11.6 Å². The topological polar surface area (TPSA) is 18.5 Å². The van der Waals surface area contributed by atoms with Crippen LogP contribution in [0.2, 0.25) is 0 Å². The zero-order valence-electron chi connectivity index (χ0n) is 7.65. The van der Waals surface area contributed by atoms with Gasteiger partial charge in [-0.2, -0.15) is 17.6 Å². The van der Waals surface area contributed by atoms with Crippen LogP contribution >= 0.6 is 11.6 Å². The van der Waals surface area contributed by atoms with E-state index in [1.165, 1.54) is 6.07 Å². The van der Waals surface area contributed by atoms with Crippen molar-refractivity contribution in [3.63, 3.8) is 0 Å². The monoisotopic (exact) mass is 256 g/mol. The van der Waals surface area contributed by atoms with Crippen LogP contribution in [0.4, 0.5) is 17.6 Å². The number of ether oxygens (including phenoxy) is 2. The lowest BCUT2D eigenvalue weighted by molar-refractivity contribution is -0.391. The Bertz CT molecular complexity index is 422. The second kappa shape index (κ2) is 3.41. The first kappa shape index (κ1) is 11.3. The van der Waals surface area contributed by atoms with Gasteiger partial charge in [-0.25, -0.2) is 0 Å². The molecule has 1 aromatic rings. The number of fused-ring (bicyclic) bond motifs is 1. The van der Waals surface area contributed by atoms with Gasteiger partial charge in [0.05, 0.1) is 0 Å². The number of benzene rings is 1. The van der Waals surface area contributed by atoms with Gasteiger partial charge in [0.1, 0.15) is 0 Å². The molecule has 0 unspecified atom stereocenters. The lowest BCUT2D eigenvalue weighted by Gasteiger charge is -2.31. The summed E-state index contributed by atoms with van der Waals surface area (Å²) >= 11 is 5.46. The van der Waals surface area contributed by atoms with Crippen LogP contribution in [0.5, 0.6) is 11.5 Å². The van der Waals surface area contributed by atoms with Crippen LogP contribution in [0, 0.1) is 0 Å². The Balaban J connectivity index is 2.43. The van der Waals surface area contributed by atoms with Crippen LogP contribution in [-0.2, 0) is 5.88 Å². The van der Waals surface area contributed by atoms with E-state index < -0.39 is 23.7 Å². The van der Waals surface area contributed by atoms with Gasteiger partial charge in [-0.3, -0.25) is 0 Å². The first-order valence-electron chi connectivity index (χ1n) is 4.18. The third kappa shape index (κ3) is 1.67. The van der Waals surface area contributed by atoms with Crippen molar-refractivity contribution in [3.05, 3.63) is 23.8 Å². The summed E-state index contributed by atoms with van der Waals surface area (Å²) in [6.45, 7) is 0. The molecule has 0 atom stereocenters. The number of halogens is 5. The van der Waals surface area contributed by atoms with E-state index in [1.807, 2.05) is 0 Å². The van der Waals surface area contributed by atoms with Crippen LogP contribution in [0.1, 0.15) is 5.56 Å². The molecule has 2 nitrogen and oxygen atoms in total. The van der Waals surface area contributed by atoms with Gasteiger partial charge in [-0.05, 0) is 17.7 Å². The second-order valence-corrected chi connectivity index (χ2v) is 3.42. The minimum absolute atomic E-state index is 0.0542. The molecule has 7 heteroatoms. The average molecular weight is 257 g/mol. The molecule has 2 rings (SSSR count). The Morgan fingerprint density at radius 3 is 2.12 bits per heavy atom. The highest BCUT2D eigenvalue weighted by Gasteiger charge is 2.65. The highest BCUT2D eigenvalue weighted by atomic mass is 35.5. The van der Waals surface area contributed by atoms with E-state index in [0.717, 1.165) is 12.1 Å². The summed E-state index contributed by atoms with van der Waals surface area (Å²) in [5, 5.41) is 0. The molecule has 0 saturated heterocycles. The maximum Gasteiger partial charge on any atom is 0.507 e. The standard InChI is InChI=1S/C9H5ClF4O2/c10-4-5-1-2-6-7(3-5)16-9(13,14)8(11,12)15-6/h1-3H,4H2. The highest BCUT2D eigenvalue weighted by molar-refractivity contribution is 6.17. The van der Waals surface area contributed by atoms with Crippen LogP contribution in [0.3, 0.4) is 0 Å². The fourth-order valence-corrected chi connectivity index (χ4v) is 1.36. The van der Waals surface area contributed by atoms with Gasteiger partial charge >= 0.3 is 12.2 Å². The van der Waals surface area contributed by atoms with Crippen LogP contribution < -0.4 is 9.47 Å². The maximum absolute atomic E-state index is 12.8. The molecular weight excluding hydrogens is 252 g/mol. The van der Waals surface area contributed by atoms with Gasteiger partial charge in [0, 0.05) is 5.88 Å². The molecule has 16 heavy (non-hydrogen) atoms. The minimum Gasteiger partial charge on any atom is -0.421 e. The maximum atomic E-state index is 12.8. The summed E-state index contributed by atoms with van der Waals surface area (Å²) in [5.41, 5.74) is 0.463. The molecule has 0 fully saturated rings. The normalized spacial score (nSPS) is 20.6. The second-order valence-electron chi connectivity index (χ2n) is 3.15. The Hall–Kier alpha value is -1.17. The van der Waals surface area contributed by atoms with E-state index in [2.05, 4.69) is 9.47 Å². The van der Waals surface area contributed by atoms with Crippen molar-refractivity contribution in [2.45, 2.75) is 18.1 Å². The molecule has 1 heterocycles. The van der Waals surface area contributed by atoms with E-state index in [0.29, 0.717) is 5.56 Å². The molecule has 0 bridgehead atoms. The Labute approximate surface area is 92.7 Å². The molecule has 0 aliphatic carbocycles. The van der Waals surface area contributed by atoms with Crippen molar-refractivity contribution < 1.29 is 27.0 Å². The van der Waals surface area contributed by atoms with E-state index in [-0.39, 0.29) is 5.88 Å². The van der Waals surface area contributed by atoms with E-state index in [9.17, 15) is 17.6 Å². The fraction of sp³-hybridized carbons (Fsp3) is 0.333. The lowest BCUT2D eigenvalue weighted by atomic mass is 10.2. The number of rotatable bonds is 1. The molecule has 1 aliphatic heterocycles. The summed E-state index contributed by atoms with van der Waals surface area (Å²) in [5.74, 6) is -0.836. The van der Waals surface area contributed by atoms with Crippen molar-refractivity contribution >= 4 is 11.6 Å². The number of hydrogen-bond acceptors (Lipinski definition) is 2. The largest absolute Gasteiger partial charge is 0.507 e. The van der Waals surface area contributed by atoms with Crippen molar-refractivity contribution in [2.75, 3.05) is 0 Å². The summed E-state index contributed by atoms with van der Waals surface area (Å²) in [6.07, 6.45) is -9.37. The quantitative estimate of drug-likeness (QED) is 0.566. The highest BCUT2D eigenvalue weighted by Crippen LogP contribution is 2.47. The molecule has 0 saturated carbocycles. The van der Waals surface area contributed by atoms with Crippen LogP contribution in [-0.4, -0.2) is 12.2 Å². The lowest BCUT2D eigenvalue weighted by Crippen LogP contribution is -2.52. The van der Waals surface area contributed by atoms with Crippen LogP contribution in [0.25, 0.3) is 0 Å². The summed E-state index contributed by atoms with van der Waals surface area (Å²) in [4.78, 5) is 0. The number of hydrogen-bond donors (Lipinski definition) is 0. The Morgan fingerprint density at radius 1 is 1.00 bits per heavy atom. The molecule has 0 N–H and O–H groups in total. The average Bonchev–Trinajstić information content (AvgIpc) is 2.18. The fourth-order valence-electron chi connectivity index (χ4n) is 1.19. The summed E-state index contributed by atoms with van der Waals surface area (Å²) in [6, 6.07) is 3.62. The Kier molecular flexibility index (Phi) is 2.41. The molecule has 1 aromatic carbocycles. The smallest absolute Gasteiger partial charge is 0.421 e. The third-order valence-corrected chi connectivity index (χ3v) is 2.29. The predicted octanol–water partition coefficient (Wildman–Crippen LogP) is 3.38. The molecular formula is C9H5ClF4O2. The van der Waals surface area contributed by atoms with E-state index in [1.54, 1.807) is 0 Å². The molecule has 88 valence electrons. The zero-order chi connectivity index (χ0) is 12.0. The zero-order valence-corrected chi connectivity index (χ0v) is 8.40. The molecule has 0 amide bonds. The molecule has 1 aliphatic rings. The molecule has 0 spiro atoms. The van der Waals surface area contributed by atoms with Gasteiger partial charge in [0.25, 0.3) is 0 Å². The third-order valence-electron chi connectivity index (χ3n) is 1.98. The van der Waals surface area contributed by atoms with Crippen molar-refractivity contribution in [1.29, 1.82) is 0 Å². The van der Waals surface area contributed by atoms with Gasteiger partial charge < -0.3 is 9.47 Å². The van der Waals surface area contributed by atoms with Gasteiger partial charge in [0.2, 0.25) is 0 Å². The summed E-state index contributed by atoms with van der Waals surface area (Å²) in [7, 11) is 0. The molecule has 0 aromatic heterocycles. The van der Waals surface area contributed by atoms with Crippen molar-refractivity contribution in [3.8, 4) is 11.5 Å². The van der Waals surface area contributed by atoms with E-state index >= 15 is 0 Å². The predicted molar refractivity (Wildman–Crippen MR) is 47.1 cm³/mol. The van der Waals surface area contributed by atoms with Crippen LogP contribution in [0.15, 0.2) is 18.2 Å². The molecule has 0 radical (unpaired) electrons. The number of alkyl halides is 5. The van der Waals surface area contributed by atoms with Gasteiger partial charge in [0.15, 0.2) is 11.5 Å². The van der Waals surface area contributed by atoms with Gasteiger partial charge in [-0.1, -0.05) is 6.07 Å². The Morgan fingerprint density at radius 2 is 1.56 bits per heavy atom. The van der Waals surface area contributed by atoms with Crippen molar-refractivity contribution in [2.24, 2.45) is 0 Å². The minimum atomic E-state index is -4.69. The SMILES string of the molecule is FC1(F)Oc2ccc(CCl)cc2OC1(F)F. The van der Waals surface area contributed by atoms with Crippen molar-refractivity contribution in [1.82, 2.24) is 0 Å². The first-order chi connectivity index (χ1) is 7.36.